The maximum atomic E-state index is 11.9. The number of rotatable bonds is 4. The van der Waals surface area contributed by atoms with Crippen LogP contribution in [0.4, 0.5) is 5.82 Å². The number of anilines is 1. The van der Waals surface area contributed by atoms with E-state index in [0.717, 1.165) is 12.8 Å². The lowest BCUT2D eigenvalue weighted by Gasteiger charge is -2.09. The van der Waals surface area contributed by atoms with E-state index in [1.54, 1.807) is 36.9 Å². The van der Waals surface area contributed by atoms with E-state index in [2.05, 4.69) is 25.3 Å². The third-order valence-corrected chi connectivity index (χ3v) is 3.75. The van der Waals surface area contributed by atoms with Crippen molar-refractivity contribution >= 4 is 11.7 Å². The predicted molar refractivity (Wildman–Crippen MR) is 86.9 cm³/mol. The zero-order valence-electron chi connectivity index (χ0n) is 13.1. The van der Waals surface area contributed by atoms with Crippen LogP contribution in [0.2, 0.25) is 0 Å². The van der Waals surface area contributed by atoms with Gasteiger partial charge >= 0.3 is 0 Å². The first kappa shape index (κ1) is 14.5. The van der Waals surface area contributed by atoms with Crippen molar-refractivity contribution in [2.45, 2.75) is 19.8 Å². The molecule has 1 saturated carbocycles. The standard InChI is InChI=1S/C17H15N5O2/c1-10-18-7-6-12(20-10)15-16(13-3-2-8-24-13)21-14(9-19-15)22-17(23)11-4-5-11/h2-3,6-9,11H,4-5H2,1H3,(H,21,22,23). The fraction of sp³-hybridized carbons (Fsp3) is 0.235. The van der Waals surface area contributed by atoms with Crippen LogP contribution in [0.5, 0.6) is 0 Å². The Bertz CT molecular complexity index is 888. The molecule has 0 spiro atoms. The van der Waals surface area contributed by atoms with Gasteiger partial charge in [0.1, 0.15) is 17.2 Å². The number of aromatic nitrogens is 4. The molecule has 1 fully saturated rings. The van der Waals surface area contributed by atoms with Gasteiger partial charge in [0.2, 0.25) is 5.91 Å². The molecule has 0 aromatic carbocycles. The van der Waals surface area contributed by atoms with Crippen LogP contribution in [0.3, 0.4) is 0 Å². The molecule has 7 nitrogen and oxygen atoms in total. The van der Waals surface area contributed by atoms with E-state index < -0.39 is 0 Å². The van der Waals surface area contributed by atoms with Crippen molar-refractivity contribution in [3.63, 3.8) is 0 Å². The van der Waals surface area contributed by atoms with Crippen LogP contribution in [0.25, 0.3) is 22.8 Å². The molecule has 0 bridgehead atoms. The Labute approximate surface area is 138 Å². The first-order valence-corrected chi connectivity index (χ1v) is 7.72. The monoisotopic (exact) mass is 321 g/mol. The zero-order valence-corrected chi connectivity index (χ0v) is 13.1. The molecule has 4 rings (SSSR count). The number of carbonyl (C=O) groups is 1. The highest BCUT2D eigenvalue weighted by Gasteiger charge is 2.30. The number of nitrogens with zero attached hydrogens (tertiary/aromatic N) is 4. The van der Waals surface area contributed by atoms with Crippen LogP contribution in [0, 0.1) is 12.8 Å². The molecule has 0 radical (unpaired) electrons. The third kappa shape index (κ3) is 2.88. The minimum atomic E-state index is -0.0136. The number of nitrogens with one attached hydrogen (secondary N) is 1. The van der Waals surface area contributed by atoms with E-state index in [1.165, 1.54) is 0 Å². The summed E-state index contributed by atoms with van der Waals surface area (Å²) < 4.78 is 5.47. The fourth-order valence-electron chi connectivity index (χ4n) is 2.38. The summed E-state index contributed by atoms with van der Waals surface area (Å²) in [7, 11) is 0. The second-order valence-electron chi connectivity index (χ2n) is 5.68. The molecule has 7 heteroatoms. The van der Waals surface area contributed by atoms with Crippen LogP contribution in [0.1, 0.15) is 18.7 Å². The van der Waals surface area contributed by atoms with Gasteiger partial charge in [0.25, 0.3) is 0 Å². The van der Waals surface area contributed by atoms with Gasteiger partial charge in [-0.05, 0) is 38.0 Å². The summed E-state index contributed by atoms with van der Waals surface area (Å²) >= 11 is 0. The highest BCUT2D eigenvalue weighted by Crippen LogP contribution is 2.31. The molecule has 0 atom stereocenters. The smallest absolute Gasteiger partial charge is 0.228 e. The van der Waals surface area contributed by atoms with Crippen molar-refractivity contribution in [3.8, 4) is 22.8 Å². The van der Waals surface area contributed by atoms with E-state index in [0.29, 0.717) is 34.5 Å². The van der Waals surface area contributed by atoms with Crippen molar-refractivity contribution in [1.29, 1.82) is 0 Å². The summed E-state index contributed by atoms with van der Waals surface area (Å²) in [5.74, 6) is 1.71. The van der Waals surface area contributed by atoms with Crippen LogP contribution in [0.15, 0.2) is 41.3 Å². The van der Waals surface area contributed by atoms with Crippen molar-refractivity contribution < 1.29 is 9.21 Å². The minimum absolute atomic E-state index is 0.0136. The van der Waals surface area contributed by atoms with Gasteiger partial charge in [0.15, 0.2) is 11.6 Å². The molecule has 1 aliphatic carbocycles. The first-order valence-electron chi connectivity index (χ1n) is 7.72. The van der Waals surface area contributed by atoms with E-state index in [4.69, 9.17) is 4.42 Å². The number of aryl methyl sites for hydroxylation is 1. The topological polar surface area (TPSA) is 93.8 Å². The van der Waals surface area contributed by atoms with Crippen molar-refractivity contribution in [2.24, 2.45) is 5.92 Å². The third-order valence-electron chi connectivity index (χ3n) is 3.75. The Morgan fingerprint density at radius 1 is 1.21 bits per heavy atom. The van der Waals surface area contributed by atoms with Crippen LogP contribution in [-0.4, -0.2) is 25.8 Å². The molecule has 3 heterocycles. The summed E-state index contributed by atoms with van der Waals surface area (Å²) in [6, 6.07) is 5.35. The lowest BCUT2D eigenvalue weighted by Crippen LogP contribution is -2.15. The SMILES string of the molecule is Cc1nccc(-c2ncc(NC(=O)C3CC3)nc2-c2ccco2)n1. The Morgan fingerprint density at radius 2 is 2.08 bits per heavy atom. The van der Waals surface area contributed by atoms with E-state index in [1.807, 2.05) is 6.92 Å². The van der Waals surface area contributed by atoms with Gasteiger partial charge in [-0.1, -0.05) is 0 Å². The van der Waals surface area contributed by atoms with Gasteiger partial charge in [0.05, 0.1) is 18.2 Å². The number of carbonyl (C=O) groups excluding carboxylic acids is 1. The Hall–Kier alpha value is -3.09. The van der Waals surface area contributed by atoms with Crippen molar-refractivity contribution in [1.82, 2.24) is 19.9 Å². The molecular weight excluding hydrogens is 306 g/mol. The number of furan rings is 1. The zero-order chi connectivity index (χ0) is 16.5. The van der Waals surface area contributed by atoms with E-state index >= 15 is 0 Å². The molecule has 3 aromatic rings. The molecular formula is C17H15N5O2. The van der Waals surface area contributed by atoms with Gasteiger partial charge in [-0.2, -0.15) is 0 Å². The van der Waals surface area contributed by atoms with Gasteiger partial charge in [0, 0.05) is 12.1 Å². The number of hydrogen-bond donors (Lipinski definition) is 1. The van der Waals surface area contributed by atoms with E-state index in [9.17, 15) is 4.79 Å². The molecule has 1 aliphatic rings. The summed E-state index contributed by atoms with van der Waals surface area (Å²) in [5, 5.41) is 2.81. The van der Waals surface area contributed by atoms with Gasteiger partial charge in [-0.25, -0.2) is 19.9 Å². The fourth-order valence-corrected chi connectivity index (χ4v) is 2.38. The number of amides is 1. The molecule has 1 amide bonds. The number of hydrogen-bond acceptors (Lipinski definition) is 6. The minimum Gasteiger partial charge on any atom is -0.463 e. The largest absolute Gasteiger partial charge is 0.463 e. The lowest BCUT2D eigenvalue weighted by atomic mass is 10.2. The first-order chi connectivity index (χ1) is 11.7. The molecule has 0 unspecified atom stereocenters. The molecule has 24 heavy (non-hydrogen) atoms. The second kappa shape index (κ2) is 5.84. The molecule has 1 N–H and O–H groups in total. The molecule has 3 aromatic heterocycles. The quantitative estimate of drug-likeness (QED) is 0.794. The normalized spacial score (nSPS) is 13.7. The molecule has 0 saturated heterocycles. The molecule has 0 aliphatic heterocycles. The average Bonchev–Trinajstić information content (AvgIpc) is 3.30. The highest BCUT2D eigenvalue weighted by atomic mass is 16.3. The maximum absolute atomic E-state index is 11.9. The maximum Gasteiger partial charge on any atom is 0.228 e. The van der Waals surface area contributed by atoms with Crippen molar-refractivity contribution in [3.05, 3.63) is 42.7 Å². The lowest BCUT2D eigenvalue weighted by molar-refractivity contribution is -0.117. The highest BCUT2D eigenvalue weighted by molar-refractivity contribution is 5.93. The van der Waals surface area contributed by atoms with Crippen LogP contribution in [-0.2, 0) is 4.79 Å². The van der Waals surface area contributed by atoms with Crippen LogP contribution < -0.4 is 5.32 Å². The molecule has 120 valence electrons. The summed E-state index contributed by atoms with van der Waals surface area (Å²) in [4.78, 5) is 29.4. The Morgan fingerprint density at radius 3 is 2.79 bits per heavy atom. The summed E-state index contributed by atoms with van der Waals surface area (Å²) in [6.07, 6.45) is 6.65. The average molecular weight is 321 g/mol. The van der Waals surface area contributed by atoms with Gasteiger partial charge < -0.3 is 9.73 Å². The Kier molecular flexibility index (Phi) is 3.53. The Balaban J connectivity index is 1.77. The summed E-state index contributed by atoms with van der Waals surface area (Å²) in [6.45, 7) is 1.81. The van der Waals surface area contributed by atoms with Crippen molar-refractivity contribution in [2.75, 3.05) is 5.32 Å². The van der Waals surface area contributed by atoms with E-state index in [-0.39, 0.29) is 11.8 Å². The van der Waals surface area contributed by atoms with Gasteiger partial charge in [-0.3, -0.25) is 4.79 Å². The van der Waals surface area contributed by atoms with Gasteiger partial charge in [-0.15, -0.1) is 0 Å². The predicted octanol–water partition coefficient (Wildman–Crippen LogP) is 2.85. The van der Waals surface area contributed by atoms with Crippen LogP contribution >= 0.6 is 0 Å². The summed E-state index contributed by atoms with van der Waals surface area (Å²) in [5.41, 5.74) is 1.77. The second-order valence-corrected chi connectivity index (χ2v) is 5.68.